The minimum absolute atomic E-state index is 0.312. The molecule has 0 N–H and O–H groups in total. The van der Waals surface area contributed by atoms with Crippen molar-refractivity contribution in [2.45, 2.75) is 18.6 Å². The lowest BCUT2D eigenvalue weighted by molar-refractivity contribution is 0.0402. The fourth-order valence-corrected chi connectivity index (χ4v) is 5.35. The van der Waals surface area contributed by atoms with Crippen molar-refractivity contribution in [3.05, 3.63) is 143 Å². The Morgan fingerprint density at radius 1 is 0.442 bits per heavy atom. The number of piperazine rings is 1. The summed E-state index contributed by atoms with van der Waals surface area (Å²) < 4.78 is 66.5. The van der Waals surface area contributed by atoms with E-state index in [1.54, 1.807) is 48.5 Å². The molecule has 0 spiro atoms. The molecule has 0 unspecified atom stereocenters. The third-order valence-electron chi connectivity index (χ3n) is 7.75. The van der Waals surface area contributed by atoms with Gasteiger partial charge in [-0.25, -0.2) is 17.6 Å². The maximum atomic E-state index is 13.5. The molecular weight excluding hydrogens is 556 g/mol. The average Bonchev–Trinajstić information content (AvgIpc) is 3.02. The molecule has 0 bridgehead atoms. The van der Waals surface area contributed by atoms with E-state index in [2.05, 4.69) is 9.80 Å². The summed E-state index contributed by atoms with van der Waals surface area (Å²) in [5, 5.41) is 0. The number of hydrogen-bond acceptors (Lipinski definition) is 4. The van der Waals surface area contributed by atoms with Crippen LogP contribution in [0.2, 0.25) is 0 Å². The zero-order chi connectivity index (χ0) is 30.0. The molecule has 5 rings (SSSR count). The van der Waals surface area contributed by atoms with Crippen LogP contribution in [0.1, 0.15) is 40.9 Å². The zero-order valence-electron chi connectivity index (χ0n) is 24.0. The lowest BCUT2D eigenvalue weighted by Gasteiger charge is -2.35. The summed E-state index contributed by atoms with van der Waals surface area (Å²) in [6.45, 7) is 6.33. The van der Waals surface area contributed by atoms with Gasteiger partial charge in [-0.2, -0.15) is 0 Å². The van der Waals surface area contributed by atoms with Crippen LogP contribution in [-0.4, -0.2) is 62.3 Å². The van der Waals surface area contributed by atoms with Crippen LogP contribution in [0, 0.1) is 23.3 Å². The fraction of sp³-hybridized carbons (Fsp3) is 0.314. The first-order valence-corrected chi connectivity index (χ1v) is 14.6. The van der Waals surface area contributed by atoms with Gasteiger partial charge in [-0.05, 0) is 77.2 Å². The molecule has 4 nitrogen and oxygen atoms in total. The molecule has 0 amide bonds. The van der Waals surface area contributed by atoms with Crippen LogP contribution in [0.5, 0.6) is 0 Å². The van der Waals surface area contributed by atoms with Crippen LogP contribution in [-0.2, 0) is 9.47 Å². The van der Waals surface area contributed by atoms with Crippen molar-refractivity contribution < 1.29 is 27.0 Å². The average molecular weight is 593 g/mol. The summed E-state index contributed by atoms with van der Waals surface area (Å²) in [6, 6.07) is 24.9. The minimum Gasteiger partial charge on any atom is -0.369 e. The van der Waals surface area contributed by atoms with Crippen LogP contribution in [0.25, 0.3) is 0 Å². The third kappa shape index (κ3) is 8.97. The topological polar surface area (TPSA) is 24.9 Å². The highest BCUT2D eigenvalue weighted by atomic mass is 19.1. The highest BCUT2D eigenvalue weighted by Gasteiger charge is 2.20. The molecule has 1 heterocycles. The molecule has 0 radical (unpaired) electrons. The molecule has 43 heavy (non-hydrogen) atoms. The van der Waals surface area contributed by atoms with Gasteiger partial charge in [0, 0.05) is 45.9 Å². The van der Waals surface area contributed by atoms with E-state index in [1.165, 1.54) is 48.5 Å². The molecule has 0 saturated carbocycles. The standard InChI is InChI=1S/C35H36F4N2O2/c36-30-10-2-26(3-11-30)34(27-4-12-31(37)13-5-27)42-24-1-18-40-19-21-41(22-20-40)23-25-43-35(28-6-14-32(38)15-7-28)29-8-16-33(39)17-9-29/h2-17,34-35H,1,18-25H2. The second kappa shape index (κ2) is 15.3. The van der Waals surface area contributed by atoms with Gasteiger partial charge in [-0.1, -0.05) is 48.5 Å². The van der Waals surface area contributed by atoms with Crippen molar-refractivity contribution in [2.75, 3.05) is 52.5 Å². The number of rotatable bonds is 13. The summed E-state index contributed by atoms with van der Waals surface area (Å²) in [6.07, 6.45) is 0.0294. The Morgan fingerprint density at radius 2 is 0.744 bits per heavy atom. The van der Waals surface area contributed by atoms with E-state index in [-0.39, 0.29) is 23.3 Å². The Morgan fingerprint density at radius 3 is 1.09 bits per heavy atom. The minimum atomic E-state index is -0.406. The van der Waals surface area contributed by atoms with E-state index in [4.69, 9.17) is 9.47 Å². The quantitative estimate of drug-likeness (QED) is 0.122. The van der Waals surface area contributed by atoms with Gasteiger partial charge in [-0.3, -0.25) is 4.90 Å². The number of halogens is 4. The number of benzene rings is 4. The van der Waals surface area contributed by atoms with Crippen LogP contribution in [0.15, 0.2) is 97.1 Å². The molecule has 0 atom stereocenters. The van der Waals surface area contributed by atoms with Gasteiger partial charge in [0.2, 0.25) is 0 Å². The molecule has 1 fully saturated rings. The van der Waals surface area contributed by atoms with Gasteiger partial charge < -0.3 is 14.4 Å². The number of ether oxygens (including phenoxy) is 2. The van der Waals surface area contributed by atoms with Gasteiger partial charge in [0.25, 0.3) is 0 Å². The highest BCUT2D eigenvalue weighted by Crippen LogP contribution is 2.28. The van der Waals surface area contributed by atoms with E-state index in [9.17, 15) is 17.6 Å². The zero-order valence-corrected chi connectivity index (χ0v) is 24.0. The lowest BCUT2D eigenvalue weighted by atomic mass is 10.0. The Balaban J connectivity index is 1.06. The van der Waals surface area contributed by atoms with E-state index < -0.39 is 12.2 Å². The molecule has 1 aliphatic heterocycles. The fourth-order valence-electron chi connectivity index (χ4n) is 5.35. The van der Waals surface area contributed by atoms with Crippen LogP contribution < -0.4 is 0 Å². The van der Waals surface area contributed by atoms with Crippen molar-refractivity contribution in [1.29, 1.82) is 0 Å². The van der Waals surface area contributed by atoms with E-state index in [0.717, 1.165) is 67.9 Å². The Kier molecular flexibility index (Phi) is 11.0. The van der Waals surface area contributed by atoms with Crippen molar-refractivity contribution in [3.63, 3.8) is 0 Å². The summed E-state index contributed by atoms with van der Waals surface area (Å²) in [5.41, 5.74) is 3.29. The predicted octanol–water partition coefficient (Wildman–Crippen LogP) is 7.16. The first-order valence-electron chi connectivity index (χ1n) is 14.6. The molecule has 1 saturated heterocycles. The van der Waals surface area contributed by atoms with Gasteiger partial charge in [0.15, 0.2) is 0 Å². The van der Waals surface area contributed by atoms with Crippen molar-refractivity contribution >= 4 is 0 Å². The predicted molar refractivity (Wildman–Crippen MR) is 159 cm³/mol. The van der Waals surface area contributed by atoms with Gasteiger partial charge in [0.1, 0.15) is 35.5 Å². The summed E-state index contributed by atoms with van der Waals surface area (Å²) >= 11 is 0. The molecule has 0 aromatic heterocycles. The second-order valence-electron chi connectivity index (χ2n) is 10.7. The summed E-state index contributed by atoms with van der Waals surface area (Å²) in [7, 11) is 0. The van der Waals surface area contributed by atoms with Gasteiger partial charge in [-0.15, -0.1) is 0 Å². The van der Waals surface area contributed by atoms with Crippen molar-refractivity contribution in [2.24, 2.45) is 0 Å². The second-order valence-corrected chi connectivity index (χ2v) is 10.7. The first-order chi connectivity index (χ1) is 20.9. The number of hydrogen-bond donors (Lipinski definition) is 0. The van der Waals surface area contributed by atoms with Crippen LogP contribution >= 0.6 is 0 Å². The van der Waals surface area contributed by atoms with Gasteiger partial charge >= 0.3 is 0 Å². The van der Waals surface area contributed by atoms with Crippen molar-refractivity contribution in [1.82, 2.24) is 9.80 Å². The molecule has 1 aliphatic rings. The third-order valence-corrected chi connectivity index (χ3v) is 7.75. The van der Waals surface area contributed by atoms with Crippen LogP contribution in [0.4, 0.5) is 17.6 Å². The highest BCUT2D eigenvalue weighted by molar-refractivity contribution is 5.31. The van der Waals surface area contributed by atoms with E-state index in [1.807, 2.05) is 0 Å². The Labute approximate surface area is 250 Å². The smallest absolute Gasteiger partial charge is 0.123 e. The molecule has 8 heteroatoms. The summed E-state index contributed by atoms with van der Waals surface area (Å²) in [4.78, 5) is 4.77. The normalized spacial score (nSPS) is 14.6. The number of nitrogens with zero attached hydrogens (tertiary/aromatic N) is 2. The van der Waals surface area contributed by atoms with Crippen LogP contribution in [0.3, 0.4) is 0 Å². The van der Waals surface area contributed by atoms with E-state index >= 15 is 0 Å². The monoisotopic (exact) mass is 592 g/mol. The Bertz CT molecular complexity index is 1300. The maximum absolute atomic E-state index is 13.5. The molecule has 226 valence electrons. The molecule has 4 aromatic carbocycles. The van der Waals surface area contributed by atoms with Crippen molar-refractivity contribution in [3.8, 4) is 0 Å². The molecular formula is C35H36F4N2O2. The van der Waals surface area contributed by atoms with Gasteiger partial charge in [0.05, 0.1) is 6.61 Å². The van der Waals surface area contributed by atoms with E-state index in [0.29, 0.717) is 13.2 Å². The summed E-state index contributed by atoms with van der Waals surface area (Å²) in [5.74, 6) is -1.25. The largest absolute Gasteiger partial charge is 0.369 e. The maximum Gasteiger partial charge on any atom is 0.123 e. The lowest BCUT2D eigenvalue weighted by Crippen LogP contribution is -2.47. The Hall–Kier alpha value is -3.56. The molecule has 4 aromatic rings. The first kappa shape index (κ1) is 30.9. The molecule has 0 aliphatic carbocycles. The SMILES string of the molecule is Fc1ccc(C(OCCCN2CCN(CCOC(c3ccc(F)cc3)c3ccc(F)cc3)CC2)c2ccc(F)cc2)cc1.